The molecule has 0 aromatic carbocycles. The maximum atomic E-state index is 12.4. The van der Waals surface area contributed by atoms with E-state index in [1.54, 1.807) is 7.11 Å². The van der Waals surface area contributed by atoms with Crippen molar-refractivity contribution >= 4 is 5.97 Å². The Bertz CT molecular complexity index is 341. The smallest absolute Gasteiger partial charge is 0.313 e. The molecule has 0 spiro atoms. The molecule has 1 atom stereocenters. The molecular formula is C17H31NO3. The molecule has 0 radical (unpaired) electrons. The molecule has 0 amide bonds. The Morgan fingerprint density at radius 2 is 2.19 bits per heavy atom. The van der Waals surface area contributed by atoms with Crippen LogP contribution in [0.4, 0.5) is 0 Å². The molecule has 122 valence electrons. The van der Waals surface area contributed by atoms with Gasteiger partial charge in [-0.05, 0) is 38.6 Å². The van der Waals surface area contributed by atoms with Crippen molar-refractivity contribution in [3.63, 3.8) is 0 Å². The maximum Gasteiger partial charge on any atom is 0.313 e. The lowest BCUT2D eigenvalue weighted by Crippen LogP contribution is -2.49. The van der Waals surface area contributed by atoms with Crippen LogP contribution in [0.5, 0.6) is 0 Å². The van der Waals surface area contributed by atoms with Crippen LogP contribution < -0.4 is 0 Å². The summed E-state index contributed by atoms with van der Waals surface area (Å²) in [6, 6.07) is 0. The van der Waals surface area contributed by atoms with Crippen LogP contribution in [-0.4, -0.2) is 50.8 Å². The van der Waals surface area contributed by atoms with E-state index in [0.29, 0.717) is 19.1 Å². The van der Waals surface area contributed by atoms with Gasteiger partial charge in [0.15, 0.2) is 0 Å². The van der Waals surface area contributed by atoms with Crippen LogP contribution in [0, 0.1) is 11.3 Å². The first-order valence-corrected chi connectivity index (χ1v) is 8.09. The van der Waals surface area contributed by atoms with Crippen LogP contribution >= 0.6 is 0 Å². The number of hydrogen-bond donors (Lipinski definition) is 0. The summed E-state index contributed by atoms with van der Waals surface area (Å²) in [4.78, 5) is 14.8. The van der Waals surface area contributed by atoms with E-state index in [-0.39, 0.29) is 5.97 Å². The quantitative estimate of drug-likeness (QED) is 0.510. The van der Waals surface area contributed by atoms with Gasteiger partial charge in [-0.1, -0.05) is 26.0 Å². The van der Waals surface area contributed by atoms with Crippen molar-refractivity contribution in [2.24, 2.45) is 11.3 Å². The van der Waals surface area contributed by atoms with Gasteiger partial charge < -0.3 is 9.47 Å². The van der Waals surface area contributed by atoms with Gasteiger partial charge in [0.25, 0.3) is 0 Å². The van der Waals surface area contributed by atoms with Crippen molar-refractivity contribution in [2.45, 2.75) is 40.0 Å². The molecule has 0 aliphatic carbocycles. The Hall–Kier alpha value is -0.870. The van der Waals surface area contributed by atoms with Crippen molar-refractivity contribution in [3.8, 4) is 0 Å². The number of allylic oxidation sites excluding steroid dienone is 1. The molecule has 1 saturated heterocycles. The summed E-state index contributed by atoms with van der Waals surface area (Å²) in [5.74, 6) is 0.512. The first-order valence-electron chi connectivity index (χ1n) is 8.09. The zero-order chi connectivity index (χ0) is 15.7. The van der Waals surface area contributed by atoms with Crippen LogP contribution in [-0.2, 0) is 14.3 Å². The minimum Gasteiger partial charge on any atom is -0.466 e. The van der Waals surface area contributed by atoms with Gasteiger partial charge in [0.2, 0.25) is 0 Å². The van der Waals surface area contributed by atoms with Crippen molar-refractivity contribution < 1.29 is 14.3 Å². The maximum absolute atomic E-state index is 12.4. The number of likely N-dealkylation sites (tertiary alicyclic amines) is 1. The van der Waals surface area contributed by atoms with Gasteiger partial charge in [-0.3, -0.25) is 9.69 Å². The predicted molar refractivity (Wildman–Crippen MR) is 85.2 cm³/mol. The molecule has 1 aliphatic rings. The Morgan fingerprint density at radius 1 is 1.43 bits per heavy atom. The Morgan fingerprint density at radius 3 is 2.81 bits per heavy atom. The van der Waals surface area contributed by atoms with Gasteiger partial charge >= 0.3 is 5.97 Å². The predicted octanol–water partition coefficient (Wildman–Crippen LogP) is 2.88. The third-order valence-corrected chi connectivity index (χ3v) is 4.03. The van der Waals surface area contributed by atoms with Gasteiger partial charge in [-0.15, -0.1) is 0 Å². The zero-order valence-corrected chi connectivity index (χ0v) is 14.1. The molecule has 0 aromatic rings. The van der Waals surface area contributed by atoms with E-state index in [4.69, 9.17) is 9.47 Å². The zero-order valence-electron chi connectivity index (χ0n) is 14.1. The van der Waals surface area contributed by atoms with E-state index in [0.717, 1.165) is 38.9 Å². The summed E-state index contributed by atoms with van der Waals surface area (Å²) >= 11 is 0. The number of methoxy groups -OCH3 is 1. The molecule has 1 aliphatic heterocycles. The number of esters is 1. The molecule has 0 saturated carbocycles. The first kappa shape index (κ1) is 18.2. The summed E-state index contributed by atoms with van der Waals surface area (Å²) in [7, 11) is 1.69. The summed E-state index contributed by atoms with van der Waals surface area (Å²) < 4.78 is 10.5. The lowest BCUT2D eigenvalue weighted by molar-refractivity contribution is -0.160. The van der Waals surface area contributed by atoms with Crippen LogP contribution in [0.1, 0.15) is 40.0 Å². The standard InChI is InChI=1S/C17H31NO3/c1-5-21-16(19)17(10-13-20-4)9-7-12-18(14-17)11-6-8-15(2)3/h6,8,15H,5,7,9-14H2,1-4H3/b8-6+/t17-/m1/s1. The molecule has 0 unspecified atom stereocenters. The molecular weight excluding hydrogens is 266 g/mol. The molecule has 0 aromatic heterocycles. The third-order valence-electron chi connectivity index (χ3n) is 4.03. The van der Waals surface area contributed by atoms with Crippen molar-refractivity contribution in [1.82, 2.24) is 4.90 Å². The summed E-state index contributed by atoms with van der Waals surface area (Å²) in [5.41, 5.74) is -0.393. The average Bonchev–Trinajstić information content (AvgIpc) is 2.45. The minimum atomic E-state index is -0.393. The number of carbonyl (C=O) groups is 1. The summed E-state index contributed by atoms with van der Waals surface area (Å²) in [6.45, 7) is 10.0. The molecule has 0 N–H and O–H groups in total. The minimum absolute atomic E-state index is 0.0559. The SMILES string of the molecule is CCOC(=O)[C@@]1(CCOC)CCCN(C/C=C/C(C)C)C1. The van der Waals surface area contributed by atoms with Crippen molar-refractivity contribution in [1.29, 1.82) is 0 Å². The topological polar surface area (TPSA) is 38.8 Å². The van der Waals surface area contributed by atoms with Gasteiger partial charge in [0, 0.05) is 26.8 Å². The van der Waals surface area contributed by atoms with Crippen molar-refractivity contribution in [2.75, 3.05) is 40.0 Å². The van der Waals surface area contributed by atoms with Crippen LogP contribution in [0.2, 0.25) is 0 Å². The van der Waals surface area contributed by atoms with Crippen LogP contribution in [0.3, 0.4) is 0 Å². The number of nitrogens with zero attached hydrogens (tertiary/aromatic N) is 1. The fourth-order valence-corrected chi connectivity index (χ4v) is 2.92. The lowest BCUT2D eigenvalue weighted by Gasteiger charge is -2.40. The number of hydrogen-bond acceptors (Lipinski definition) is 4. The normalized spacial score (nSPS) is 23.9. The highest BCUT2D eigenvalue weighted by molar-refractivity contribution is 5.77. The second kappa shape index (κ2) is 9.21. The van der Waals surface area contributed by atoms with E-state index in [2.05, 4.69) is 30.9 Å². The number of carbonyl (C=O) groups excluding carboxylic acids is 1. The number of rotatable bonds is 8. The molecule has 4 heteroatoms. The third kappa shape index (κ3) is 5.79. The fourth-order valence-electron chi connectivity index (χ4n) is 2.92. The van der Waals surface area contributed by atoms with Crippen LogP contribution in [0.25, 0.3) is 0 Å². The Labute approximate surface area is 129 Å². The Balaban J connectivity index is 2.70. The molecule has 21 heavy (non-hydrogen) atoms. The van der Waals surface area contributed by atoms with E-state index in [9.17, 15) is 4.79 Å². The largest absolute Gasteiger partial charge is 0.466 e. The van der Waals surface area contributed by atoms with E-state index in [1.807, 2.05) is 6.92 Å². The lowest BCUT2D eigenvalue weighted by atomic mass is 9.77. The second-order valence-corrected chi connectivity index (χ2v) is 6.25. The van der Waals surface area contributed by atoms with E-state index < -0.39 is 5.41 Å². The highest BCUT2D eigenvalue weighted by Gasteiger charge is 2.42. The molecule has 4 nitrogen and oxygen atoms in total. The molecule has 1 fully saturated rings. The van der Waals surface area contributed by atoms with Gasteiger partial charge in [0.05, 0.1) is 12.0 Å². The summed E-state index contributed by atoms with van der Waals surface area (Å²) in [6.07, 6.45) is 7.11. The average molecular weight is 297 g/mol. The van der Waals surface area contributed by atoms with E-state index >= 15 is 0 Å². The molecule has 1 rings (SSSR count). The number of piperidine rings is 1. The fraction of sp³-hybridized carbons (Fsp3) is 0.824. The molecule has 1 heterocycles. The van der Waals surface area contributed by atoms with Gasteiger partial charge in [-0.25, -0.2) is 0 Å². The van der Waals surface area contributed by atoms with Crippen LogP contribution in [0.15, 0.2) is 12.2 Å². The van der Waals surface area contributed by atoms with Gasteiger partial charge in [0.1, 0.15) is 0 Å². The number of ether oxygens (including phenoxy) is 2. The molecule has 0 bridgehead atoms. The first-order chi connectivity index (χ1) is 10.0. The Kier molecular flexibility index (Phi) is 7.97. The highest BCUT2D eigenvalue weighted by Crippen LogP contribution is 2.35. The highest BCUT2D eigenvalue weighted by atomic mass is 16.5. The monoisotopic (exact) mass is 297 g/mol. The second-order valence-electron chi connectivity index (χ2n) is 6.25. The van der Waals surface area contributed by atoms with Crippen molar-refractivity contribution in [3.05, 3.63) is 12.2 Å². The van der Waals surface area contributed by atoms with E-state index in [1.165, 1.54) is 0 Å². The summed E-state index contributed by atoms with van der Waals surface area (Å²) in [5, 5.41) is 0. The van der Waals surface area contributed by atoms with Gasteiger partial charge in [-0.2, -0.15) is 0 Å².